The van der Waals surface area contributed by atoms with Crippen LogP contribution >= 0.6 is 0 Å². The summed E-state index contributed by atoms with van der Waals surface area (Å²) in [4.78, 5) is 2.23. The van der Waals surface area contributed by atoms with Crippen molar-refractivity contribution in [2.45, 2.75) is 32.2 Å². The van der Waals surface area contributed by atoms with Crippen molar-refractivity contribution < 1.29 is 4.39 Å². The van der Waals surface area contributed by atoms with E-state index >= 15 is 0 Å². The Morgan fingerprint density at radius 1 is 1.05 bits per heavy atom. The van der Waals surface area contributed by atoms with Crippen molar-refractivity contribution in [3.8, 4) is 0 Å². The zero-order valence-electron chi connectivity index (χ0n) is 12.3. The number of hydrogen-bond acceptors (Lipinski definition) is 2. The number of para-hydroxylation sites is 1. The Labute approximate surface area is 125 Å². The monoisotopic (exact) mass is 284 g/mol. The minimum Gasteiger partial charge on any atom is -0.341 e. The minimum atomic E-state index is -0.323. The first-order chi connectivity index (χ1) is 10.2. The fourth-order valence-corrected chi connectivity index (χ4v) is 3.15. The van der Waals surface area contributed by atoms with Gasteiger partial charge in [0.1, 0.15) is 5.82 Å². The molecule has 3 heteroatoms. The molecule has 2 aromatic rings. The number of fused-ring (bicyclic) bond motifs is 1. The molecule has 2 N–H and O–H groups in total. The van der Waals surface area contributed by atoms with Crippen LogP contribution in [0.15, 0.2) is 42.5 Å². The fraction of sp³-hybridized carbons (Fsp3) is 0.333. The molecule has 1 heterocycles. The molecule has 3 rings (SSSR count). The van der Waals surface area contributed by atoms with Crippen LogP contribution in [0.1, 0.15) is 36.9 Å². The number of anilines is 2. The average molecular weight is 284 g/mol. The van der Waals surface area contributed by atoms with E-state index in [0.29, 0.717) is 5.56 Å². The van der Waals surface area contributed by atoms with Crippen LogP contribution in [0.4, 0.5) is 15.8 Å². The highest BCUT2D eigenvalue weighted by Crippen LogP contribution is 2.36. The van der Waals surface area contributed by atoms with Gasteiger partial charge >= 0.3 is 0 Å². The van der Waals surface area contributed by atoms with Gasteiger partial charge in [-0.15, -0.1) is 0 Å². The van der Waals surface area contributed by atoms with Gasteiger partial charge in [-0.1, -0.05) is 24.3 Å². The summed E-state index contributed by atoms with van der Waals surface area (Å²) in [6.07, 6.45) is 3.34. The van der Waals surface area contributed by atoms with E-state index in [9.17, 15) is 4.39 Å². The summed E-state index contributed by atoms with van der Waals surface area (Å²) in [6.45, 7) is 2.74. The summed E-state index contributed by atoms with van der Waals surface area (Å²) in [5.41, 5.74) is 10.0. The molecule has 0 saturated carbocycles. The second kappa shape index (κ2) is 5.86. The SMILES string of the molecule is CC(N)c1c(F)cccc1N1CCCCc2ccccc21. The van der Waals surface area contributed by atoms with Gasteiger partial charge in [-0.05, 0) is 49.9 Å². The Balaban J connectivity index is 2.15. The van der Waals surface area contributed by atoms with Gasteiger partial charge in [0, 0.05) is 29.5 Å². The molecule has 110 valence electrons. The zero-order valence-corrected chi connectivity index (χ0v) is 12.3. The third kappa shape index (κ3) is 2.66. The van der Waals surface area contributed by atoms with E-state index in [1.165, 1.54) is 17.3 Å². The van der Waals surface area contributed by atoms with E-state index in [1.54, 1.807) is 6.07 Å². The van der Waals surface area contributed by atoms with E-state index in [-0.39, 0.29) is 11.9 Å². The number of hydrogen-bond donors (Lipinski definition) is 1. The molecule has 0 spiro atoms. The standard InChI is InChI=1S/C18H21FN2/c1-13(20)18-15(19)9-6-11-17(18)21-12-5-4-8-14-7-2-3-10-16(14)21/h2-3,6-7,9-11,13H,4-5,8,12,20H2,1H3. The Morgan fingerprint density at radius 3 is 2.62 bits per heavy atom. The van der Waals surface area contributed by atoms with Crippen LogP contribution in [0.5, 0.6) is 0 Å². The molecule has 0 aliphatic carbocycles. The topological polar surface area (TPSA) is 29.3 Å². The molecule has 1 aliphatic rings. The maximum Gasteiger partial charge on any atom is 0.130 e. The number of rotatable bonds is 2. The van der Waals surface area contributed by atoms with Gasteiger partial charge in [0.15, 0.2) is 0 Å². The highest BCUT2D eigenvalue weighted by molar-refractivity contribution is 5.70. The molecule has 0 saturated heterocycles. The summed E-state index contributed by atoms with van der Waals surface area (Å²) in [5.74, 6) is -0.218. The Morgan fingerprint density at radius 2 is 1.81 bits per heavy atom. The summed E-state index contributed by atoms with van der Waals surface area (Å²) < 4.78 is 14.2. The maximum atomic E-state index is 14.2. The molecular formula is C18H21FN2. The van der Waals surface area contributed by atoms with Crippen LogP contribution in [-0.2, 0) is 6.42 Å². The molecule has 1 atom stereocenters. The Kier molecular flexibility index (Phi) is 3.93. The number of nitrogens with zero attached hydrogens (tertiary/aromatic N) is 1. The lowest BCUT2D eigenvalue weighted by atomic mass is 10.0. The second-order valence-corrected chi connectivity index (χ2v) is 5.70. The number of nitrogens with two attached hydrogens (primary N) is 1. The van der Waals surface area contributed by atoms with Crippen molar-refractivity contribution in [2.75, 3.05) is 11.4 Å². The molecule has 1 unspecified atom stereocenters. The summed E-state index contributed by atoms with van der Waals surface area (Å²) in [6, 6.07) is 13.3. The number of aryl methyl sites for hydroxylation is 1. The lowest BCUT2D eigenvalue weighted by Crippen LogP contribution is -2.22. The molecule has 1 aliphatic heterocycles. The largest absolute Gasteiger partial charge is 0.341 e. The molecule has 0 bridgehead atoms. The Hall–Kier alpha value is -1.87. The van der Waals surface area contributed by atoms with E-state index in [1.807, 2.05) is 19.1 Å². The molecule has 2 aromatic carbocycles. The fourth-order valence-electron chi connectivity index (χ4n) is 3.15. The van der Waals surface area contributed by atoms with Crippen LogP contribution in [0.2, 0.25) is 0 Å². The van der Waals surface area contributed by atoms with Crippen LogP contribution in [0.3, 0.4) is 0 Å². The lowest BCUT2D eigenvalue weighted by Gasteiger charge is -2.28. The van der Waals surface area contributed by atoms with Crippen LogP contribution in [0.25, 0.3) is 0 Å². The van der Waals surface area contributed by atoms with Crippen molar-refractivity contribution >= 4 is 11.4 Å². The van der Waals surface area contributed by atoms with E-state index in [2.05, 4.69) is 23.1 Å². The number of halogens is 1. The van der Waals surface area contributed by atoms with Crippen molar-refractivity contribution in [2.24, 2.45) is 5.73 Å². The van der Waals surface area contributed by atoms with E-state index in [0.717, 1.165) is 31.5 Å². The third-order valence-corrected chi connectivity index (χ3v) is 4.14. The normalized spacial score (nSPS) is 16.2. The van der Waals surface area contributed by atoms with E-state index < -0.39 is 0 Å². The van der Waals surface area contributed by atoms with Crippen molar-refractivity contribution in [3.63, 3.8) is 0 Å². The summed E-state index contributed by atoms with van der Waals surface area (Å²) in [7, 11) is 0. The first kappa shape index (κ1) is 14.1. The zero-order chi connectivity index (χ0) is 14.8. The lowest BCUT2D eigenvalue weighted by molar-refractivity contribution is 0.593. The van der Waals surface area contributed by atoms with Crippen molar-refractivity contribution in [1.29, 1.82) is 0 Å². The third-order valence-electron chi connectivity index (χ3n) is 4.14. The molecule has 0 radical (unpaired) electrons. The summed E-state index contributed by atoms with van der Waals surface area (Å²) in [5, 5.41) is 0. The minimum absolute atomic E-state index is 0.218. The predicted octanol–water partition coefficient (Wildman–Crippen LogP) is 4.32. The van der Waals surface area contributed by atoms with Gasteiger partial charge in [0.25, 0.3) is 0 Å². The quantitative estimate of drug-likeness (QED) is 0.890. The smallest absolute Gasteiger partial charge is 0.130 e. The Bertz CT molecular complexity index is 637. The van der Waals surface area contributed by atoms with Gasteiger partial charge in [-0.2, -0.15) is 0 Å². The maximum absolute atomic E-state index is 14.2. The van der Waals surface area contributed by atoms with Gasteiger partial charge in [0.2, 0.25) is 0 Å². The highest BCUT2D eigenvalue weighted by Gasteiger charge is 2.21. The van der Waals surface area contributed by atoms with Crippen molar-refractivity contribution in [1.82, 2.24) is 0 Å². The van der Waals surface area contributed by atoms with Gasteiger partial charge in [-0.3, -0.25) is 0 Å². The van der Waals surface area contributed by atoms with Crippen LogP contribution < -0.4 is 10.6 Å². The number of benzene rings is 2. The van der Waals surface area contributed by atoms with Crippen LogP contribution in [0, 0.1) is 5.82 Å². The van der Waals surface area contributed by atoms with Crippen molar-refractivity contribution in [3.05, 3.63) is 59.4 Å². The molecular weight excluding hydrogens is 263 g/mol. The van der Waals surface area contributed by atoms with Gasteiger partial charge in [0.05, 0.1) is 0 Å². The first-order valence-electron chi connectivity index (χ1n) is 7.58. The van der Waals surface area contributed by atoms with Crippen LogP contribution in [-0.4, -0.2) is 6.54 Å². The predicted molar refractivity (Wildman–Crippen MR) is 85.4 cm³/mol. The molecule has 0 aromatic heterocycles. The molecule has 0 fully saturated rings. The first-order valence-corrected chi connectivity index (χ1v) is 7.58. The van der Waals surface area contributed by atoms with Gasteiger partial charge < -0.3 is 10.6 Å². The highest BCUT2D eigenvalue weighted by atomic mass is 19.1. The van der Waals surface area contributed by atoms with Gasteiger partial charge in [-0.25, -0.2) is 4.39 Å². The molecule has 21 heavy (non-hydrogen) atoms. The van der Waals surface area contributed by atoms with E-state index in [4.69, 9.17) is 5.73 Å². The second-order valence-electron chi connectivity index (χ2n) is 5.70. The molecule has 0 amide bonds. The average Bonchev–Trinajstić information content (AvgIpc) is 2.68. The summed E-state index contributed by atoms with van der Waals surface area (Å²) >= 11 is 0. The molecule has 2 nitrogen and oxygen atoms in total.